The number of carbonyl (C=O) groups excluding carboxylic acids is 1. The van der Waals surface area contributed by atoms with E-state index in [0.717, 1.165) is 5.56 Å². The standard InChI is InChI=1S/C22H21NO4S/c1-14-9-11-18(12-10-14)28(26,27)21-16(3)19(13-15(2)20(21)24)23-22(25)17-7-5-4-6-8-17/h4-13,24H,1-3H3,(H,23,25). The minimum atomic E-state index is -3.96. The Balaban J connectivity index is 2.10. The summed E-state index contributed by atoms with van der Waals surface area (Å²) >= 11 is 0. The highest BCUT2D eigenvalue weighted by molar-refractivity contribution is 7.91. The van der Waals surface area contributed by atoms with E-state index in [4.69, 9.17) is 0 Å². The lowest BCUT2D eigenvalue weighted by Gasteiger charge is -2.17. The molecule has 144 valence electrons. The highest BCUT2D eigenvalue weighted by atomic mass is 32.2. The summed E-state index contributed by atoms with van der Waals surface area (Å²) in [5.74, 6) is -0.664. The summed E-state index contributed by atoms with van der Waals surface area (Å²) in [4.78, 5) is 12.4. The zero-order valence-electron chi connectivity index (χ0n) is 15.9. The van der Waals surface area contributed by atoms with E-state index in [9.17, 15) is 18.3 Å². The van der Waals surface area contributed by atoms with E-state index in [1.807, 2.05) is 6.92 Å². The molecule has 3 aromatic carbocycles. The maximum absolute atomic E-state index is 13.2. The molecule has 0 unspecified atom stereocenters. The van der Waals surface area contributed by atoms with E-state index in [0.29, 0.717) is 16.8 Å². The third-order valence-corrected chi connectivity index (χ3v) is 6.51. The Morgan fingerprint density at radius 1 is 0.929 bits per heavy atom. The van der Waals surface area contributed by atoms with Crippen LogP contribution < -0.4 is 5.32 Å². The van der Waals surface area contributed by atoms with Crippen molar-refractivity contribution in [3.8, 4) is 5.75 Å². The van der Waals surface area contributed by atoms with Gasteiger partial charge in [-0.25, -0.2) is 8.42 Å². The van der Waals surface area contributed by atoms with Crippen molar-refractivity contribution >= 4 is 21.4 Å². The Morgan fingerprint density at radius 3 is 2.14 bits per heavy atom. The highest BCUT2D eigenvalue weighted by Crippen LogP contribution is 2.38. The van der Waals surface area contributed by atoms with E-state index in [1.54, 1.807) is 62.4 Å². The van der Waals surface area contributed by atoms with Crippen LogP contribution in [0.5, 0.6) is 5.75 Å². The van der Waals surface area contributed by atoms with Crippen molar-refractivity contribution in [1.82, 2.24) is 0 Å². The van der Waals surface area contributed by atoms with E-state index >= 15 is 0 Å². The molecule has 0 fully saturated rings. The number of carbonyl (C=O) groups is 1. The van der Waals surface area contributed by atoms with Crippen molar-refractivity contribution in [3.63, 3.8) is 0 Å². The van der Waals surface area contributed by atoms with Crippen LogP contribution in [0.1, 0.15) is 27.0 Å². The highest BCUT2D eigenvalue weighted by Gasteiger charge is 2.27. The molecule has 28 heavy (non-hydrogen) atoms. The minimum absolute atomic E-state index is 0.0856. The number of amides is 1. The number of sulfone groups is 1. The van der Waals surface area contributed by atoms with Crippen LogP contribution in [-0.2, 0) is 9.84 Å². The molecule has 0 aliphatic carbocycles. The van der Waals surface area contributed by atoms with Crippen LogP contribution in [0.15, 0.2) is 70.5 Å². The quantitative estimate of drug-likeness (QED) is 0.641. The number of hydrogen-bond acceptors (Lipinski definition) is 4. The summed E-state index contributed by atoms with van der Waals surface area (Å²) in [6, 6.07) is 16.6. The molecular weight excluding hydrogens is 374 g/mol. The number of anilines is 1. The monoisotopic (exact) mass is 395 g/mol. The average Bonchev–Trinajstić information content (AvgIpc) is 2.67. The van der Waals surface area contributed by atoms with Crippen molar-refractivity contribution in [2.75, 3.05) is 5.32 Å². The van der Waals surface area contributed by atoms with Gasteiger partial charge >= 0.3 is 0 Å². The smallest absolute Gasteiger partial charge is 0.255 e. The van der Waals surface area contributed by atoms with Gasteiger partial charge in [0, 0.05) is 11.3 Å². The molecule has 6 heteroatoms. The Bertz CT molecular complexity index is 1140. The molecular formula is C22H21NO4S. The van der Waals surface area contributed by atoms with Gasteiger partial charge < -0.3 is 10.4 Å². The first kappa shape index (κ1) is 19.6. The van der Waals surface area contributed by atoms with Gasteiger partial charge in [-0.3, -0.25) is 4.79 Å². The van der Waals surface area contributed by atoms with Gasteiger partial charge in [0.15, 0.2) is 0 Å². The molecule has 0 spiro atoms. The number of aromatic hydroxyl groups is 1. The van der Waals surface area contributed by atoms with Crippen LogP contribution in [0.3, 0.4) is 0 Å². The molecule has 0 aromatic heterocycles. The van der Waals surface area contributed by atoms with Crippen molar-refractivity contribution in [2.24, 2.45) is 0 Å². The molecule has 0 saturated heterocycles. The third kappa shape index (κ3) is 3.64. The summed E-state index contributed by atoms with van der Waals surface area (Å²) < 4.78 is 26.3. The molecule has 0 saturated carbocycles. The number of aryl methyl sites for hydroxylation is 2. The van der Waals surface area contributed by atoms with Crippen LogP contribution >= 0.6 is 0 Å². The molecule has 3 aromatic rings. The van der Waals surface area contributed by atoms with Gasteiger partial charge in [0.1, 0.15) is 10.6 Å². The second-order valence-electron chi connectivity index (χ2n) is 6.68. The summed E-state index contributed by atoms with van der Waals surface area (Å²) in [5.41, 5.74) is 2.37. The van der Waals surface area contributed by atoms with Gasteiger partial charge in [-0.2, -0.15) is 0 Å². The molecule has 0 aliphatic heterocycles. The van der Waals surface area contributed by atoms with Crippen LogP contribution in [-0.4, -0.2) is 19.4 Å². The molecule has 0 aliphatic rings. The topological polar surface area (TPSA) is 83.5 Å². The second kappa shape index (κ2) is 7.48. The van der Waals surface area contributed by atoms with Crippen LogP contribution in [0.4, 0.5) is 5.69 Å². The number of phenols is 1. The fourth-order valence-corrected chi connectivity index (χ4v) is 4.61. The number of hydrogen-bond donors (Lipinski definition) is 2. The van der Waals surface area contributed by atoms with Gasteiger partial charge in [0.2, 0.25) is 9.84 Å². The molecule has 0 heterocycles. The minimum Gasteiger partial charge on any atom is -0.506 e. The van der Waals surface area contributed by atoms with Gasteiger partial charge in [0.05, 0.1) is 4.90 Å². The van der Waals surface area contributed by atoms with Crippen molar-refractivity contribution < 1.29 is 18.3 Å². The van der Waals surface area contributed by atoms with Crippen LogP contribution in [0.25, 0.3) is 0 Å². The predicted molar refractivity (Wildman–Crippen MR) is 109 cm³/mol. The number of benzene rings is 3. The third-order valence-electron chi connectivity index (χ3n) is 4.58. The van der Waals surface area contributed by atoms with E-state index in [2.05, 4.69) is 5.32 Å². The predicted octanol–water partition coefficient (Wildman–Crippen LogP) is 4.40. The molecule has 5 nitrogen and oxygen atoms in total. The zero-order valence-corrected chi connectivity index (χ0v) is 16.7. The second-order valence-corrected chi connectivity index (χ2v) is 8.57. The lowest BCUT2D eigenvalue weighted by Crippen LogP contribution is -2.15. The molecule has 1 amide bonds. The lowest BCUT2D eigenvalue weighted by atomic mass is 10.1. The first-order valence-electron chi connectivity index (χ1n) is 8.73. The molecule has 0 bridgehead atoms. The number of nitrogens with one attached hydrogen (secondary N) is 1. The van der Waals surface area contributed by atoms with Gasteiger partial charge in [-0.05, 0) is 62.2 Å². The first-order valence-corrected chi connectivity index (χ1v) is 10.2. The van der Waals surface area contributed by atoms with Crippen LogP contribution in [0.2, 0.25) is 0 Å². The number of phenolic OH excluding ortho intramolecular Hbond substituents is 1. The number of rotatable bonds is 4. The summed E-state index contributed by atoms with van der Waals surface area (Å²) in [5, 5.41) is 13.3. The maximum Gasteiger partial charge on any atom is 0.255 e. The van der Waals surface area contributed by atoms with E-state index in [1.165, 1.54) is 12.1 Å². The lowest BCUT2D eigenvalue weighted by molar-refractivity contribution is 0.102. The molecule has 2 N–H and O–H groups in total. The van der Waals surface area contributed by atoms with Gasteiger partial charge in [-0.1, -0.05) is 35.9 Å². The first-order chi connectivity index (χ1) is 13.2. The average molecular weight is 395 g/mol. The normalized spacial score (nSPS) is 11.2. The molecule has 0 atom stereocenters. The van der Waals surface area contributed by atoms with Crippen LogP contribution in [0, 0.1) is 20.8 Å². The van der Waals surface area contributed by atoms with E-state index in [-0.39, 0.29) is 27.0 Å². The van der Waals surface area contributed by atoms with Crippen molar-refractivity contribution in [2.45, 2.75) is 30.6 Å². The van der Waals surface area contributed by atoms with Gasteiger partial charge in [-0.15, -0.1) is 0 Å². The fraction of sp³-hybridized carbons (Fsp3) is 0.136. The Hall–Kier alpha value is -3.12. The largest absolute Gasteiger partial charge is 0.506 e. The Morgan fingerprint density at radius 2 is 1.54 bits per heavy atom. The Kier molecular flexibility index (Phi) is 5.25. The van der Waals surface area contributed by atoms with Crippen molar-refractivity contribution in [1.29, 1.82) is 0 Å². The SMILES string of the molecule is Cc1ccc(S(=O)(=O)c2c(C)c(NC(=O)c3ccccc3)cc(C)c2O)cc1. The maximum atomic E-state index is 13.2. The Labute approximate surface area is 164 Å². The summed E-state index contributed by atoms with van der Waals surface area (Å²) in [6.07, 6.45) is 0. The molecule has 0 radical (unpaired) electrons. The molecule has 3 rings (SSSR count). The van der Waals surface area contributed by atoms with Crippen molar-refractivity contribution in [3.05, 3.63) is 82.9 Å². The fourth-order valence-electron chi connectivity index (χ4n) is 2.95. The van der Waals surface area contributed by atoms with Gasteiger partial charge in [0.25, 0.3) is 5.91 Å². The summed E-state index contributed by atoms with van der Waals surface area (Å²) in [6.45, 7) is 5.03. The zero-order chi connectivity index (χ0) is 20.5. The van der Waals surface area contributed by atoms with E-state index < -0.39 is 9.84 Å². The summed E-state index contributed by atoms with van der Waals surface area (Å²) in [7, 11) is -3.96.